The van der Waals surface area contributed by atoms with Gasteiger partial charge in [-0.2, -0.15) is 25.7 Å². The predicted octanol–water partition coefficient (Wildman–Crippen LogP) is 6.61. The molecule has 0 N–H and O–H groups in total. The maximum atomic E-state index is 11.3. The second-order valence-electron chi connectivity index (χ2n) is 7.91. The normalized spacial score (nSPS) is 11.0. The molecule has 172 valence electrons. The molecule has 0 aromatic heterocycles. The van der Waals surface area contributed by atoms with Crippen molar-refractivity contribution in [2.75, 3.05) is 32.1 Å². The molecular formula is C26H27N7O. The lowest BCUT2D eigenvalue weighted by atomic mass is 10.2. The van der Waals surface area contributed by atoms with E-state index in [4.69, 9.17) is 5.26 Å². The van der Waals surface area contributed by atoms with Gasteiger partial charge in [0.25, 0.3) is 0 Å². The summed E-state index contributed by atoms with van der Waals surface area (Å²) in [5.41, 5.74) is 5.47. The van der Waals surface area contributed by atoms with E-state index < -0.39 is 0 Å². The Bertz CT molecular complexity index is 1230. The molecule has 0 heterocycles. The van der Waals surface area contributed by atoms with Crippen LogP contribution in [-0.4, -0.2) is 38.0 Å². The highest BCUT2D eigenvalue weighted by Crippen LogP contribution is 2.28. The molecule has 0 aliphatic carbocycles. The molecule has 0 aliphatic rings. The fourth-order valence-electron chi connectivity index (χ4n) is 3.00. The molecule has 8 heteroatoms. The first-order valence-corrected chi connectivity index (χ1v) is 10.8. The number of hydrogen-bond donors (Lipinski definition) is 0. The first kappa shape index (κ1) is 24.3. The van der Waals surface area contributed by atoms with E-state index in [2.05, 4.69) is 31.4 Å². The van der Waals surface area contributed by atoms with Crippen molar-refractivity contribution >= 4 is 34.3 Å². The summed E-state index contributed by atoms with van der Waals surface area (Å²) in [4.78, 5) is 15.1. The molecule has 0 saturated heterocycles. The molecule has 1 amide bonds. The number of azo groups is 2. The molecule has 0 unspecified atom stereocenters. The van der Waals surface area contributed by atoms with Crippen LogP contribution < -0.4 is 4.90 Å². The maximum Gasteiger partial charge on any atom is 0.219 e. The summed E-state index contributed by atoms with van der Waals surface area (Å²) in [6, 6.07) is 22.4. The van der Waals surface area contributed by atoms with Crippen LogP contribution >= 0.6 is 0 Å². The summed E-state index contributed by atoms with van der Waals surface area (Å²) in [5, 5.41) is 26.0. The first-order valence-electron chi connectivity index (χ1n) is 10.8. The number of nitrogens with zero attached hydrogens (tertiary/aromatic N) is 7. The van der Waals surface area contributed by atoms with Crippen molar-refractivity contribution in [3.63, 3.8) is 0 Å². The number of nitriles is 1. The molecule has 8 nitrogen and oxygen atoms in total. The summed E-state index contributed by atoms with van der Waals surface area (Å²) in [7, 11) is 3.79. The highest BCUT2D eigenvalue weighted by molar-refractivity contribution is 5.72. The average Bonchev–Trinajstić information content (AvgIpc) is 2.85. The van der Waals surface area contributed by atoms with E-state index in [1.807, 2.05) is 56.4 Å². The lowest BCUT2D eigenvalue weighted by molar-refractivity contribution is -0.127. The van der Waals surface area contributed by atoms with E-state index in [0.29, 0.717) is 23.5 Å². The van der Waals surface area contributed by atoms with Gasteiger partial charge in [-0.15, -0.1) is 0 Å². The Kier molecular flexibility index (Phi) is 8.19. The van der Waals surface area contributed by atoms with Gasteiger partial charge in [-0.3, -0.25) is 4.79 Å². The Balaban J connectivity index is 1.61. The number of carbonyl (C=O) groups excluding carboxylic acids is 1. The minimum Gasteiger partial charge on any atom is -0.373 e. The van der Waals surface area contributed by atoms with Crippen LogP contribution in [0.15, 0.2) is 87.2 Å². The second kappa shape index (κ2) is 11.5. The first-order chi connectivity index (χ1) is 16.4. The molecule has 3 aromatic rings. The van der Waals surface area contributed by atoms with Crippen molar-refractivity contribution in [1.29, 1.82) is 5.26 Å². The van der Waals surface area contributed by atoms with Gasteiger partial charge in [-0.25, -0.2) is 0 Å². The molecule has 0 spiro atoms. The Hall–Kier alpha value is -4.38. The lowest BCUT2D eigenvalue weighted by Gasteiger charge is -2.23. The van der Waals surface area contributed by atoms with Gasteiger partial charge in [0.05, 0.1) is 34.4 Å². The predicted molar refractivity (Wildman–Crippen MR) is 134 cm³/mol. The summed E-state index contributed by atoms with van der Waals surface area (Å²) in [6.07, 6.45) is 0. The Labute approximate surface area is 199 Å². The SMILES string of the molecule is CC(=O)N(C)CCN(C)c1ccc(N=Nc2ccc(N=Nc3ccc(C#N)cc3)cc2C)cc1. The van der Waals surface area contributed by atoms with Crippen molar-refractivity contribution in [2.45, 2.75) is 13.8 Å². The lowest BCUT2D eigenvalue weighted by Crippen LogP contribution is -2.33. The fourth-order valence-corrected chi connectivity index (χ4v) is 3.00. The van der Waals surface area contributed by atoms with Crippen LogP contribution in [0.1, 0.15) is 18.1 Å². The van der Waals surface area contributed by atoms with Crippen molar-refractivity contribution in [1.82, 2.24) is 4.90 Å². The largest absolute Gasteiger partial charge is 0.373 e. The standard InChI is InChI=1S/C26H27N7O/c1-19-17-24(30-28-22-7-5-21(18-27)6-8-22)11-14-26(19)31-29-23-9-12-25(13-10-23)33(4)16-15-32(3)20(2)34/h5-14,17H,15-16H2,1-4H3. The third-order valence-corrected chi connectivity index (χ3v) is 5.33. The molecule has 0 atom stereocenters. The number of hydrogen-bond acceptors (Lipinski definition) is 7. The van der Waals surface area contributed by atoms with Crippen LogP contribution in [0.3, 0.4) is 0 Å². The summed E-state index contributed by atoms with van der Waals surface area (Å²) >= 11 is 0. The number of likely N-dealkylation sites (N-methyl/N-ethyl adjacent to an activating group) is 2. The van der Waals surface area contributed by atoms with Gasteiger partial charge in [0.15, 0.2) is 0 Å². The number of amides is 1. The summed E-state index contributed by atoms with van der Waals surface area (Å²) < 4.78 is 0. The van der Waals surface area contributed by atoms with E-state index >= 15 is 0 Å². The number of carbonyl (C=O) groups is 1. The number of anilines is 1. The zero-order valence-corrected chi connectivity index (χ0v) is 19.8. The van der Waals surface area contributed by atoms with Crippen molar-refractivity contribution in [3.05, 3.63) is 77.9 Å². The molecule has 0 fully saturated rings. The van der Waals surface area contributed by atoms with Gasteiger partial charge in [0.2, 0.25) is 5.91 Å². The highest BCUT2D eigenvalue weighted by Gasteiger charge is 2.06. The third-order valence-electron chi connectivity index (χ3n) is 5.33. The molecule has 3 aromatic carbocycles. The Morgan fingerprint density at radius 1 is 0.824 bits per heavy atom. The average molecular weight is 454 g/mol. The quantitative estimate of drug-likeness (QED) is 0.359. The van der Waals surface area contributed by atoms with Crippen LogP contribution in [0.2, 0.25) is 0 Å². The van der Waals surface area contributed by atoms with Crippen LogP contribution in [0.25, 0.3) is 0 Å². The number of aryl methyl sites for hydroxylation is 1. The van der Waals surface area contributed by atoms with E-state index in [-0.39, 0.29) is 5.91 Å². The van der Waals surface area contributed by atoms with Crippen LogP contribution in [0.4, 0.5) is 28.4 Å². The van der Waals surface area contributed by atoms with E-state index in [9.17, 15) is 4.79 Å². The van der Waals surface area contributed by atoms with Gasteiger partial charge in [-0.1, -0.05) is 0 Å². The van der Waals surface area contributed by atoms with E-state index in [1.54, 1.807) is 43.1 Å². The third kappa shape index (κ3) is 6.81. The molecule has 0 saturated carbocycles. The number of benzene rings is 3. The van der Waals surface area contributed by atoms with Gasteiger partial charge in [-0.05, 0) is 79.2 Å². The molecule has 3 rings (SSSR count). The Morgan fingerprint density at radius 3 is 1.97 bits per heavy atom. The zero-order valence-electron chi connectivity index (χ0n) is 19.8. The minimum absolute atomic E-state index is 0.0573. The summed E-state index contributed by atoms with van der Waals surface area (Å²) in [6.45, 7) is 4.92. The molecule has 34 heavy (non-hydrogen) atoms. The van der Waals surface area contributed by atoms with Crippen LogP contribution in [0, 0.1) is 18.3 Å². The molecular weight excluding hydrogens is 426 g/mol. The fraction of sp³-hybridized carbons (Fsp3) is 0.231. The number of rotatable bonds is 8. The smallest absolute Gasteiger partial charge is 0.219 e. The van der Waals surface area contributed by atoms with E-state index in [0.717, 1.165) is 29.2 Å². The molecule has 0 radical (unpaired) electrons. The Morgan fingerprint density at radius 2 is 1.38 bits per heavy atom. The molecule has 0 aliphatic heterocycles. The second-order valence-corrected chi connectivity index (χ2v) is 7.91. The zero-order chi connectivity index (χ0) is 24.5. The van der Waals surface area contributed by atoms with E-state index in [1.165, 1.54) is 0 Å². The van der Waals surface area contributed by atoms with Gasteiger partial charge >= 0.3 is 0 Å². The van der Waals surface area contributed by atoms with Crippen LogP contribution in [-0.2, 0) is 4.79 Å². The van der Waals surface area contributed by atoms with Gasteiger partial charge in [0.1, 0.15) is 0 Å². The van der Waals surface area contributed by atoms with Gasteiger partial charge < -0.3 is 9.80 Å². The maximum absolute atomic E-state index is 11.3. The van der Waals surface area contributed by atoms with Crippen LogP contribution in [0.5, 0.6) is 0 Å². The minimum atomic E-state index is 0.0573. The van der Waals surface area contributed by atoms with Crippen molar-refractivity contribution in [3.8, 4) is 6.07 Å². The van der Waals surface area contributed by atoms with Crippen molar-refractivity contribution in [2.24, 2.45) is 20.5 Å². The summed E-state index contributed by atoms with van der Waals surface area (Å²) in [5.74, 6) is 0.0573. The topological polar surface area (TPSA) is 96.8 Å². The molecule has 0 bridgehead atoms. The van der Waals surface area contributed by atoms with Gasteiger partial charge in [0, 0.05) is 39.8 Å². The highest BCUT2D eigenvalue weighted by atomic mass is 16.2. The van der Waals surface area contributed by atoms with Crippen molar-refractivity contribution < 1.29 is 4.79 Å². The monoisotopic (exact) mass is 453 g/mol.